The topological polar surface area (TPSA) is 41.8 Å². The highest BCUT2D eigenvalue weighted by Gasteiger charge is 2.41. The van der Waals surface area contributed by atoms with Crippen LogP contribution >= 0.6 is 0 Å². The van der Waals surface area contributed by atoms with E-state index < -0.39 is 0 Å². The highest BCUT2D eigenvalue weighted by molar-refractivity contribution is 5.81. The number of nitrogens with two attached hydrogens (primary N) is 1. The van der Waals surface area contributed by atoms with Gasteiger partial charge in [-0.2, -0.15) is 0 Å². The SMILES string of the molecule is CC(C)c1ccc2[nH]c(C3(N)CC3)cc2c1. The van der Waals surface area contributed by atoms with E-state index in [1.54, 1.807) is 0 Å². The third kappa shape index (κ3) is 1.45. The normalized spacial score (nSPS) is 18.2. The van der Waals surface area contributed by atoms with E-state index in [-0.39, 0.29) is 5.54 Å². The first-order valence-electron chi connectivity index (χ1n) is 6.00. The van der Waals surface area contributed by atoms with E-state index in [4.69, 9.17) is 5.73 Å². The molecule has 3 N–H and O–H groups in total. The van der Waals surface area contributed by atoms with Crippen molar-refractivity contribution in [1.29, 1.82) is 0 Å². The second-order valence-electron chi connectivity index (χ2n) is 5.34. The molecule has 0 amide bonds. The van der Waals surface area contributed by atoms with Crippen LogP contribution in [0.15, 0.2) is 24.3 Å². The Morgan fingerprint density at radius 2 is 2.00 bits per heavy atom. The molecule has 0 radical (unpaired) electrons. The summed E-state index contributed by atoms with van der Waals surface area (Å²) >= 11 is 0. The van der Waals surface area contributed by atoms with Crippen molar-refractivity contribution < 1.29 is 0 Å². The molecule has 0 unspecified atom stereocenters. The van der Waals surface area contributed by atoms with Crippen molar-refractivity contribution in [2.45, 2.75) is 38.1 Å². The van der Waals surface area contributed by atoms with Gasteiger partial charge < -0.3 is 10.7 Å². The third-order valence-electron chi connectivity index (χ3n) is 3.64. The summed E-state index contributed by atoms with van der Waals surface area (Å²) in [6, 6.07) is 8.85. The van der Waals surface area contributed by atoms with Crippen molar-refractivity contribution in [2.24, 2.45) is 5.73 Å². The average molecular weight is 214 g/mol. The Labute approximate surface area is 95.8 Å². The van der Waals surface area contributed by atoms with E-state index in [2.05, 4.69) is 43.1 Å². The lowest BCUT2D eigenvalue weighted by Gasteiger charge is -2.03. The average Bonchev–Trinajstić information content (AvgIpc) is 2.86. The molecule has 2 nitrogen and oxygen atoms in total. The lowest BCUT2D eigenvalue weighted by Crippen LogP contribution is -2.18. The van der Waals surface area contributed by atoms with Crippen LogP contribution < -0.4 is 5.73 Å². The number of H-pyrrole nitrogens is 1. The number of aromatic nitrogens is 1. The van der Waals surface area contributed by atoms with Crippen LogP contribution in [0.25, 0.3) is 10.9 Å². The van der Waals surface area contributed by atoms with Crippen LogP contribution in [0.5, 0.6) is 0 Å². The Kier molecular flexibility index (Phi) is 1.93. The summed E-state index contributed by atoms with van der Waals surface area (Å²) < 4.78 is 0. The summed E-state index contributed by atoms with van der Waals surface area (Å²) in [5.41, 5.74) is 9.93. The minimum atomic E-state index is -0.0585. The molecule has 84 valence electrons. The zero-order chi connectivity index (χ0) is 11.3. The second kappa shape index (κ2) is 3.11. The number of aromatic amines is 1. The highest BCUT2D eigenvalue weighted by Crippen LogP contribution is 2.43. The Balaban J connectivity index is 2.10. The van der Waals surface area contributed by atoms with Gasteiger partial charge in [-0.3, -0.25) is 0 Å². The molecule has 1 fully saturated rings. The lowest BCUT2D eigenvalue weighted by atomic mass is 10.0. The lowest BCUT2D eigenvalue weighted by molar-refractivity contribution is 0.717. The van der Waals surface area contributed by atoms with Crippen LogP contribution in [-0.2, 0) is 5.54 Å². The van der Waals surface area contributed by atoms with E-state index in [1.807, 2.05) is 0 Å². The van der Waals surface area contributed by atoms with Crippen molar-refractivity contribution in [1.82, 2.24) is 4.98 Å². The summed E-state index contributed by atoms with van der Waals surface area (Å²) in [7, 11) is 0. The maximum atomic E-state index is 6.20. The summed E-state index contributed by atoms with van der Waals surface area (Å²) in [5, 5.41) is 1.29. The molecule has 1 aromatic carbocycles. The number of hydrogen-bond acceptors (Lipinski definition) is 1. The zero-order valence-electron chi connectivity index (χ0n) is 9.88. The molecule has 0 aliphatic heterocycles. The first-order chi connectivity index (χ1) is 7.58. The zero-order valence-corrected chi connectivity index (χ0v) is 9.88. The molecule has 1 saturated carbocycles. The van der Waals surface area contributed by atoms with Gasteiger partial charge >= 0.3 is 0 Å². The van der Waals surface area contributed by atoms with Crippen molar-refractivity contribution in [2.75, 3.05) is 0 Å². The Morgan fingerprint density at radius 3 is 2.62 bits per heavy atom. The van der Waals surface area contributed by atoms with E-state index in [1.165, 1.54) is 22.2 Å². The van der Waals surface area contributed by atoms with Gasteiger partial charge in [-0.15, -0.1) is 0 Å². The summed E-state index contributed by atoms with van der Waals surface area (Å²) in [5.74, 6) is 0.579. The van der Waals surface area contributed by atoms with Crippen LogP contribution in [0.4, 0.5) is 0 Å². The first kappa shape index (κ1) is 9.91. The largest absolute Gasteiger partial charge is 0.357 e. The van der Waals surface area contributed by atoms with Crippen molar-refractivity contribution in [3.63, 3.8) is 0 Å². The monoisotopic (exact) mass is 214 g/mol. The minimum absolute atomic E-state index is 0.0585. The van der Waals surface area contributed by atoms with Gasteiger partial charge in [0.05, 0.1) is 5.54 Å². The quantitative estimate of drug-likeness (QED) is 0.791. The Morgan fingerprint density at radius 1 is 1.25 bits per heavy atom. The summed E-state index contributed by atoms with van der Waals surface area (Å²) in [4.78, 5) is 3.44. The van der Waals surface area contributed by atoms with E-state index in [9.17, 15) is 0 Å². The number of benzene rings is 1. The van der Waals surface area contributed by atoms with Crippen molar-refractivity contribution in [3.05, 3.63) is 35.5 Å². The van der Waals surface area contributed by atoms with Crippen LogP contribution in [0.2, 0.25) is 0 Å². The molecule has 1 aliphatic rings. The van der Waals surface area contributed by atoms with Gasteiger partial charge in [0, 0.05) is 11.2 Å². The molecular formula is C14H18N2. The molecule has 1 aromatic heterocycles. The fraction of sp³-hybridized carbons (Fsp3) is 0.429. The minimum Gasteiger partial charge on any atom is -0.357 e. The van der Waals surface area contributed by atoms with Gasteiger partial charge in [0.15, 0.2) is 0 Å². The number of hydrogen-bond donors (Lipinski definition) is 2. The summed E-state index contributed by atoms with van der Waals surface area (Å²) in [6.45, 7) is 4.44. The van der Waals surface area contributed by atoms with Crippen LogP contribution in [0.3, 0.4) is 0 Å². The fourth-order valence-electron chi connectivity index (χ4n) is 2.18. The molecule has 0 bridgehead atoms. The maximum absolute atomic E-state index is 6.20. The van der Waals surface area contributed by atoms with E-state index in [0.29, 0.717) is 5.92 Å². The molecule has 0 saturated heterocycles. The maximum Gasteiger partial charge on any atom is 0.0563 e. The molecule has 0 atom stereocenters. The number of rotatable bonds is 2. The van der Waals surface area contributed by atoms with Gasteiger partial charge in [-0.05, 0) is 47.9 Å². The third-order valence-corrected chi connectivity index (χ3v) is 3.64. The molecule has 2 heteroatoms. The van der Waals surface area contributed by atoms with Crippen LogP contribution in [0, 0.1) is 0 Å². The van der Waals surface area contributed by atoms with Crippen molar-refractivity contribution >= 4 is 10.9 Å². The summed E-state index contributed by atoms with van der Waals surface area (Å²) in [6.07, 6.45) is 2.22. The smallest absolute Gasteiger partial charge is 0.0563 e. The molecule has 0 spiro atoms. The van der Waals surface area contributed by atoms with Crippen molar-refractivity contribution in [3.8, 4) is 0 Å². The number of fused-ring (bicyclic) bond motifs is 1. The predicted octanol–water partition coefficient (Wildman–Crippen LogP) is 3.24. The van der Waals surface area contributed by atoms with Gasteiger partial charge in [-0.1, -0.05) is 19.9 Å². The van der Waals surface area contributed by atoms with Crippen LogP contribution in [0.1, 0.15) is 43.9 Å². The van der Waals surface area contributed by atoms with E-state index >= 15 is 0 Å². The number of nitrogens with one attached hydrogen (secondary N) is 1. The van der Waals surface area contributed by atoms with Gasteiger partial charge in [0.25, 0.3) is 0 Å². The predicted molar refractivity (Wildman–Crippen MR) is 67.5 cm³/mol. The molecule has 3 rings (SSSR count). The standard InChI is InChI=1S/C14H18N2/c1-9(2)10-3-4-12-11(7-10)8-13(16-12)14(15)5-6-14/h3-4,7-9,16H,5-6,15H2,1-2H3. The van der Waals surface area contributed by atoms with Gasteiger partial charge in [0.1, 0.15) is 0 Å². The fourth-order valence-corrected chi connectivity index (χ4v) is 2.18. The Hall–Kier alpha value is -1.28. The molecule has 1 aliphatic carbocycles. The Bertz CT molecular complexity index is 533. The van der Waals surface area contributed by atoms with Gasteiger partial charge in [-0.25, -0.2) is 0 Å². The second-order valence-corrected chi connectivity index (χ2v) is 5.34. The molecule has 1 heterocycles. The highest BCUT2D eigenvalue weighted by atomic mass is 14.9. The first-order valence-corrected chi connectivity index (χ1v) is 6.00. The molecular weight excluding hydrogens is 196 g/mol. The van der Waals surface area contributed by atoms with Gasteiger partial charge in [0.2, 0.25) is 0 Å². The van der Waals surface area contributed by atoms with E-state index in [0.717, 1.165) is 12.8 Å². The molecule has 16 heavy (non-hydrogen) atoms. The van der Waals surface area contributed by atoms with Crippen LogP contribution in [-0.4, -0.2) is 4.98 Å². The molecule has 2 aromatic rings.